The summed E-state index contributed by atoms with van der Waals surface area (Å²) in [6.07, 6.45) is 1.45. The van der Waals surface area contributed by atoms with Crippen LogP contribution in [-0.4, -0.2) is 16.1 Å². The Hall–Kier alpha value is -1.84. The number of benzene rings is 1. The van der Waals surface area contributed by atoms with Crippen LogP contribution in [0.2, 0.25) is 0 Å². The minimum atomic E-state index is -1.000. The van der Waals surface area contributed by atoms with E-state index in [0.717, 1.165) is 6.42 Å². The maximum Gasteiger partial charge on any atom is 0.352 e. The van der Waals surface area contributed by atoms with Crippen LogP contribution in [0.4, 0.5) is 4.39 Å². The number of nitrogens with one attached hydrogen (secondary N) is 1. The van der Waals surface area contributed by atoms with Gasteiger partial charge in [-0.2, -0.15) is 0 Å². The van der Waals surface area contributed by atoms with Crippen molar-refractivity contribution in [2.75, 3.05) is 0 Å². The van der Waals surface area contributed by atoms with E-state index in [-0.39, 0.29) is 11.5 Å². The van der Waals surface area contributed by atoms with Crippen LogP contribution in [0.25, 0.3) is 10.9 Å². The maximum absolute atomic E-state index is 13.1. The van der Waals surface area contributed by atoms with E-state index in [9.17, 15) is 9.18 Å². The lowest BCUT2D eigenvalue weighted by atomic mass is 10.1. The summed E-state index contributed by atoms with van der Waals surface area (Å²) in [5, 5.41) is 9.70. The molecule has 2 aromatic rings. The summed E-state index contributed by atoms with van der Waals surface area (Å²) in [6.45, 7) is 1.96. The summed E-state index contributed by atoms with van der Waals surface area (Å²) < 4.78 is 13.1. The number of fused-ring (bicyclic) bond motifs is 1. The first-order chi connectivity index (χ1) is 7.63. The van der Waals surface area contributed by atoms with Gasteiger partial charge in [0.15, 0.2) is 0 Å². The third-order valence-electron chi connectivity index (χ3n) is 2.58. The average molecular weight is 221 g/mol. The maximum atomic E-state index is 13.1. The molecule has 0 saturated heterocycles. The van der Waals surface area contributed by atoms with E-state index in [1.807, 2.05) is 6.92 Å². The highest BCUT2D eigenvalue weighted by Gasteiger charge is 2.16. The van der Waals surface area contributed by atoms with Gasteiger partial charge in [0, 0.05) is 10.9 Å². The molecule has 0 bridgehead atoms. The number of carboxylic acids is 1. The zero-order chi connectivity index (χ0) is 11.7. The van der Waals surface area contributed by atoms with Gasteiger partial charge in [0.1, 0.15) is 11.5 Å². The predicted molar refractivity (Wildman–Crippen MR) is 59.2 cm³/mol. The Morgan fingerprint density at radius 2 is 2.25 bits per heavy atom. The smallest absolute Gasteiger partial charge is 0.352 e. The largest absolute Gasteiger partial charge is 0.477 e. The summed E-state index contributed by atoms with van der Waals surface area (Å²) in [6, 6.07) is 4.26. The third-order valence-corrected chi connectivity index (χ3v) is 2.58. The molecule has 0 spiro atoms. The summed E-state index contributed by atoms with van der Waals surface area (Å²) in [4.78, 5) is 13.8. The second kappa shape index (κ2) is 3.96. The number of carbonyl (C=O) groups is 1. The molecule has 2 rings (SSSR count). The number of aromatic amines is 1. The summed E-state index contributed by atoms with van der Waals surface area (Å²) in [5.41, 5.74) is 1.52. The molecule has 0 fully saturated rings. The minimum absolute atomic E-state index is 0.169. The molecule has 16 heavy (non-hydrogen) atoms. The van der Waals surface area contributed by atoms with Crippen molar-refractivity contribution < 1.29 is 14.3 Å². The highest BCUT2D eigenvalue weighted by molar-refractivity contribution is 5.97. The second-order valence-electron chi connectivity index (χ2n) is 3.72. The van der Waals surface area contributed by atoms with E-state index in [0.29, 0.717) is 22.9 Å². The molecule has 4 heteroatoms. The SMILES string of the molecule is CCCc1c(C(=O)O)[nH]c2ccc(F)cc12. The van der Waals surface area contributed by atoms with E-state index >= 15 is 0 Å². The van der Waals surface area contributed by atoms with Crippen LogP contribution in [0, 0.1) is 5.82 Å². The normalized spacial score (nSPS) is 10.9. The number of hydrogen-bond acceptors (Lipinski definition) is 1. The molecular formula is C12H12FNO2. The van der Waals surface area contributed by atoms with Crippen molar-refractivity contribution in [3.8, 4) is 0 Å². The number of aryl methyl sites for hydroxylation is 1. The molecule has 0 unspecified atom stereocenters. The summed E-state index contributed by atoms with van der Waals surface area (Å²) >= 11 is 0. The number of aromatic carboxylic acids is 1. The number of halogens is 1. The van der Waals surface area contributed by atoms with Gasteiger partial charge in [-0.3, -0.25) is 0 Å². The molecular weight excluding hydrogens is 209 g/mol. The van der Waals surface area contributed by atoms with E-state index in [2.05, 4.69) is 4.98 Å². The van der Waals surface area contributed by atoms with E-state index < -0.39 is 5.97 Å². The first kappa shape index (κ1) is 10.7. The highest BCUT2D eigenvalue weighted by atomic mass is 19.1. The average Bonchev–Trinajstić information content (AvgIpc) is 2.58. The van der Waals surface area contributed by atoms with E-state index in [1.54, 1.807) is 6.07 Å². The first-order valence-corrected chi connectivity index (χ1v) is 5.17. The fourth-order valence-corrected chi connectivity index (χ4v) is 1.91. The standard InChI is InChI=1S/C12H12FNO2/c1-2-3-8-9-6-7(13)4-5-10(9)14-11(8)12(15)16/h4-6,14H,2-3H2,1H3,(H,15,16). The van der Waals surface area contributed by atoms with Crippen molar-refractivity contribution >= 4 is 16.9 Å². The van der Waals surface area contributed by atoms with Crippen LogP contribution in [0.5, 0.6) is 0 Å². The van der Waals surface area contributed by atoms with Crippen LogP contribution in [-0.2, 0) is 6.42 Å². The molecule has 0 amide bonds. The molecule has 0 radical (unpaired) electrons. The van der Waals surface area contributed by atoms with Gasteiger partial charge in [-0.25, -0.2) is 9.18 Å². The van der Waals surface area contributed by atoms with Gasteiger partial charge in [0.25, 0.3) is 0 Å². The molecule has 0 atom stereocenters. The van der Waals surface area contributed by atoms with Crippen molar-refractivity contribution in [1.29, 1.82) is 0 Å². The Bertz CT molecular complexity index is 545. The van der Waals surface area contributed by atoms with Gasteiger partial charge in [0.05, 0.1) is 0 Å². The molecule has 2 N–H and O–H groups in total. The molecule has 0 aliphatic rings. The molecule has 0 saturated carbocycles. The molecule has 3 nitrogen and oxygen atoms in total. The van der Waals surface area contributed by atoms with Gasteiger partial charge < -0.3 is 10.1 Å². The van der Waals surface area contributed by atoms with Crippen molar-refractivity contribution in [2.45, 2.75) is 19.8 Å². The Kier molecular flexibility index (Phi) is 2.64. The van der Waals surface area contributed by atoms with Crippen LogP contribution < -0.4 is 0 Å². The lowest BCUT2D eigenvalue weighted by Gasteiger charge is -1.98. The van der Waals surface area contributed by atoms with Crippen LogP contribution in [0.15, 0.2) is 18.2 Å². The fraction of sp³-hybridized carbons (Fsp3) is 0.250. The number of H-pyrrole nitrogens is 1. The van der Waals surface area contributed by atoms with Gasteiger partial charge >= 0.3 is 5.97 Å². The fourth-order valence-electron chi connectivity index (χ4n) is 1.91. The van der Waals surface area contributed by atoms with E-state index in [4.69, 9.17) is 5.11 Å². The lowest BCUT2D eigenvalue weighted by Crippen LogP contribution is -2.00. The third kappa shape index (κ3) is 1.66. The Morgan fingerprint density at radius 1 is 1.50 bits per heavy atom. The minimum Gasteiger partial charge on any atom is -0.477 e. The Balaban J connectivity index is 2.71. The van der Waals surface area contributed by atoms with Crippen molar-refractivity contribution in [3.05, 3.63) is 35.3 Å². The van der Waals surface area contributed by atoms with Crippen molar-refractivity contribution in [1.82, 2.24) is 4.98 Å². The molecule has 0 aliphatic carbocycles. The molecule has 1 aromatic carbocycles. The van der Waals surface area contributed by atoms with Gasteiger partial charge in [0.2, 0.25) is 0 Å². The Labute approximate surface area is 91.9 Å². The van der Waals surface area contributed by atoms with Crippen molar-refractivity contribution in [3.63, 3.8) is 0 Å². The number of hydrogen-bond donors (Lipinski definition) is 2. The van der Waals surface area contributed by atoms with Crippen LogP contribution >= 0.6 is 0 Å². The highest BCUT2D eigenvalue weighted by Crippen LogP contribution is 2.24. The monoisotopic (exact) mass is 221 g/mol. The number of rotatable bonds is 3. The number of carboxylic acid groups (broad SMARTS) is 1. The van der Waals surface area contributed by atoms with Crippen LogP contribution in [0.1, 0.15) is 29.4 Å². The molecule has 0 aliphatic heterocycles. The topological polar surface area (TPSA) is 53.1 Å². The molecule has 1 aromatic heterocycles. The summed E-state index contributed by atoms with van der Waals surface area (Å²) in [5.74, 6) is -1.35. The van der Waals surface area contributed by atoms with E-state index in [1.165, 1.54) is 12.1 Å². The molecule has 84 valence electrons. The van der Waals surface area contributed by atoms with Gasteiger partial charge in [-0.05, 0) is 30.2 Å². The predicted octanol–water partition coefficient (Wildman–Crippen LogP) is 2.96. The Morgan fingerprint density at radius 3 is 2.88 bits per heavy atom. The number of aromatic nitrogens is 1. The quantitative estimate of drug-likeness (QED) is 0.837. The summed E-state index contributed by atoms with van der Waals surface area (Å²) in [7, 11) is 0. The zero-order valence-corrected chi connectivity index (χ0v) is 8.88. The zero-order valence-electron chi connectivity index (χ0n) is 8.88. The molecule has 1 heterocycles. The first-order valence-electron chi connectivity index (χ1n) is 5.17. The van der Waals surface area contributed by atoms with Crippen molar-refractivity contribution in [2.24, 2.45) is 0 Å². The lowest BCUT2D eigenvalue weighted by molar-refractivity contribution is 0.0690. The second-order valence-corrected chi connectivity index (χ2v) is 3.72. The van der Waals surface area contributed by atoms with Gasteiger partial charge in [-0.15, -0.1) is 0 Å². The van der Waals surface area contributed by atoms with Crippen LogP contribution in [0.3, 0.4) is 0 Å². The van der Waals surface area contributed by atoms with Gasteiger partial charge in [-0.1, -0.05) is 13.3 Å².